The minimum Gasteiger partial charge on any atom is -0.427 e. The van der Waals surface area contributed by atoms with Gasteiger partial charge in [-0.15, -0.1) is 23.1 Å². The van der Waals surface area contributed by atoms with Crippen molar-refractivity contribution in [3.05, 3.63) is 28.9 Å². The molecule has 1 aromatic rings. The lowest BCUT2D eigenvalue weighted by Crippen LogP contribution is -2.70. The van der Waals surface area contributed by atoms with Gasteiger partial charge in [-0.1, -0.05) is 19.4 Å². The van der Waals surface area contributed by atoms with E-state index >= 15 is 0 Å². The molecular weight excluding hydrogens is 480 g/mol. The first-order valence-corrected chi connectivity index (χ1v) is 12.7. The fourth-order valence-corrected chi connectivity index (χ4v) is 4.95. The SMILES string of the molecule is CCC/C=C(/C(=O)N[C@@H]1C(=O)N2C(C(=O)OCOC(=O)C(C)(C)C)=CCS[C@H]12)c1csc(N)n1. The maximum atomic E-state index is 13.0. The molecule has 1 saturated heterocycles. The molecule has 0 aromatic carbocycles. The predicted molar refractivity (Wildman–Crippen MR) is 129 cm³/mol. The zero-order valence-electron chi connectivity index (χ0n) is 19.5. The van der Waals surface area contributed by atoms with Crippen LogP contribution in [0.1, 0.15) is 46.2 Å². The molecule has 1 fully saturated rings. The first-order chi connectivity index (χ1) is 16.0. The summed E-state index contributed by atoms with van der Waals surface area (Å²) in [6, 6.07) is -0.797. The molecule has 0 bridgehead atoms. The summed E-state index contributed by atoms with van der Waals surface area (Å²) in [7, 11) is 0. The highest BCUT2D eigenvalue weighted by Gasteiger charge is 2.53. The van der Waals surface area contributed by atoms with Crippen LogP contribution in [0.5, 0.6) is 0 Å². The lowest BCUT2D eigenvalue weighted by atomic mass is 9.98. The van der Waals surface area contributed by atoms with Crippen molar-refractivity contribution < 1.29 is 28.7 Å². The Labute approximate surface area is 205 Å². The molecule has 3 rings (SSSR count). The number of hydrogen-bond acceptors (Lipinski definition) is 10. The van der Waals surface area contributed by atoms with Crippen molar-refractivity contribution in [2.24, 2.45) is 5.41 Å². The number of β-lactam (4-membered cyclic amide) rings is 1. The van der Waals surface area contributed by atoms with E-state index in [-0.39, 0.29) is 5.70 Å². The average molecular weight is 509 g/mol. The van der Waals surface area contributed by atoms with E-state index < -0.39 is 47.4 Å². The molecule has 34 heavy (non-hydrogen) atoms. The molecule has 0 spiro atoms. The summed E-state index contributed by atoms with van der Waals surface area (Å²) in [4.78, 5) is 55.7. The highest BCUT2D eigenvalue weighted by molar-refractivity contribution is 8.00. The van der Waals surface area contributed by atoms with Crippen LogP contribution in [0.2, 0.25) is 0 Å². The maximum Gasteiger partial charge on any atom is 0.357 e. The number of nitrogens with zero attached hydrogens (tertiary/aromatic N) is 2. The highest BCUT2D eigenvalue weighted by atomic mass is 32.2. The number of carbonyl (C=O) groups is 4. The first kappa shape index (κ1) is 25.8. The summed E-state index contributed by atoms with van der Waals surface area (Å²) < 4.78 is 9.99. The number of nitrogen functional groups attached to an aromatic ring is 1. The van der Waals surface area contributed by atoms with Crippen molar-refractivity contribution in [2.45, 2.75) is 52.0 Å². The second-order valence-electron chi connectivity index (χ2n) is 8.68. The van der Waals surface area contributed by atoms with Crippen LogP contribution in [0.25, 0.3) is 5.57 Å². The van der Waals surface area contributed by atoms with Crippen LogP contribution in [0.4, 0.5) is 5.13 Å². The Kier molecular flexibility index (Phi) is 8.03. The monoisotopic (exact) mass is 508 g/mol. The van der Waals surface area contributed by atoms with Gasteiger partial charge >= 0.3 is 11.9 Å². The number of amides is 2. The Balaban J connectivity index is 1.62. The van der Waals surface area contributed by atoms with E-state index in [1.807, 2.05) is 6.92 Å². The second-order valence-corrected chi connectivity index (χ2v) is 10.7. The standard InChI is InChI=1S/C22H28N4O6S2/c1-5-6-7-12(13-10-34-21(23)24-13)16(27)25-15-17(28)26-14(8-9-33-18(15)26)19(29)31-11-32-20(30)22(2,3)4/h7-8,10,15,18H,5-6,9,11H2,1-4H3,(H2,23,24)(H,25,27)/b12-7+/t15-,18-/m1/s1. The van der Waals surface area contributed by atoms with Crippen molar-refractivity contribution in [2.75, 3.05) is 18.3 Å². The summed E-state index contributed by atoms with van der Waals surface area (Å²) in [5.74, 6) is -1.68. The van der Waals surface area contributed by atoms with E-state index in [0.29, 0.717) is 28.6 Å². The molecular formula is C22H28N4O6S2. The van der Waals surface area contributed by atoms with E-state index in [1.165, 1.54) is 28.0 Å². The lowest BCUT2D eigenvalue weighted by Gasteiger charge is -2.48. The van der Waals surface area contributed by atoms with Gasteiger partial charge in [0, 0.05) is 11.1 Å². The van der Waals surface area contributed by atoms with Gasteiger partial charge in [0.2, 0.25) is 6.79 Å². The summed E-state index contributed by atoms with van der Waals surface area (Å²) in [5, 5.41) is 4.37. The number of anilines is 1. The number of aromatic nitrogens is 1. The number of fused-ring (bicyclic) bond motifs is 1. The third-order valence-corrected chi connectivity index (χ3v) is 6.87. The van der Waals surface area contributed by atoms with Gasteiger partial charge in [0.15, 0.2) is 5.13 Å². The van der Waals surface area contributed by atoms with Crippen molar-refractivity contribution in [1.29, 1.82) is 0 Å². The van der Waals surface area contributed by atoms with Gasteiger partial charge < -0.3 is 20.5 Å². The Morgan fingerprint density at radius 2 is 2.06 bits per heavy atom. The summed E-state index contributed by atoms with van der Waals surface area (Å²) in [5.41, 5.74) is 5.87. The highest BCUT2D eigenvalue weighted by Crippen LogP contribution is 2.38. The van der Waals surface area contributed by atoms with Gasteiger partial charge in [0.1, 0.15) is 17.1 Å². The summed E-state index contributed by atoms with van der Waals surface area (Å²) >= 11 is 2.65. The number of unbranched alkanes of at least 4 members (excludes halogenated alkanes) is 1. The molecule has 3 N–H and O–H groups in total. The van der Waals surface area contributed by atoms with E-state index in [9.17, 15) is 19.2 Å². The Hall–Kier alpha value is -2.86. The Bertz CT molecular complexity index is 1040. The van der Waals surface area contributed by atoms with Crippen molar-refractivity contribution in [1.82, 2.24) is 15.2 Å². The lowest BCUT2D eigenvalue weighted by molar-refractivity contribution is -0.173. The molecule has 0 unspecified atom stereocenters. The number of allylic oxidation sites excluding steroid dienone is 1. The van der Waals surface area contributed by atoms with Crippen LogP contribution >= 0.6 is 23.1 Å². The molecule has 2 atom stereocenters. The number of nitrogens with two attached hydrogens (primary N) is 1. The number of nitrogens with one attached hydrogen (secondary N) is 1. The quantitative estimate of drug-likeness (QED) is 0.234. The molecule has 184 valence electrons. The van der Waals surface area contributed by atoms with Crippen LogP contribution in [-0.4, -0.2) is 57.6 Å². The number of carbonyl (C=O) groups excluding carboxylic acids is 4. The van der Waals surface area contributed by atoms with Crippen LogP contribution in [0.15, 0.2) is 23.2 Å². The molecule has 0 saturated carbocycles. The third-order valence-electron chi connectivity index (χ3n) is 5.01. The minimum absolute atomic E-state index is 0.0695. The normalized spacial score (nSPS) is 20.1. The van der Waals surface area contributed by atoms with E-state index in [2.05, 4.69) is 10.3 Å². The predicted octanol–water partition coefficient (Wildman–Crippen LogP) is 2.28. The van der Waals surface area contributed by atoms with Crippen LogP contribution in [0.3, 0.4) is 0 Å². The first-order valence-electron chi connectivity index (χ1n) is 10.8. The third kappa shape index (κ3) is 5.61. The summed E-state index contributed by atoms with van der Waals surface area (Å²) in [6.07, 6.45) is 4.87. The van der Waals surface area contributed by atoms with Crippen molar-refractivity contribution >= 4 is 57.6 Å². The Morgan fingerprint density at radius 3 is 2.68 bits per heavy atom. The molecule has 12 heteroatoms. The van der Waals surface area contributed by atoms with Crippen molar-refractivity contribution in [3.8, 4) is 0 Å². The second kappa shape index (κ2) is 10.6. The zero-order valence-corrected chi connectivity index (χ0v) is 21.1. The molecule has 3 heterocycles. The van der Waals surface area contributed by atoms with Crippen LogP contribution in [-0.2, 0) is 28.7 Å². The van der Waals surface area contributed by atoms with Crippen LogP contribution in [0, 0.1) is 5.41 Å². The summed E-state index contributed by atoms with van der Waals surface area (Å²) in [6.45, 7) is 6.49. The number of hydrogen-bond donors (Lipinski definition) is 2. The number of rotatable bonds is 8. The number of thiazole rings is 1. The largest absolute Gasteiger partial charge is 0.427 e. The van der Waals surface area contributed by atoms with Crippen LogP contribution < -0.4 is 11.1 Å². The zero-order chi connectivity index (χ0) is 25.0. The van der Waals surface area contributed by atoms with E-state index in [4.69, 9.17) is 15.2 Å². The fraction of sp³-hybridized carbons (Fsp3) is 0.500. The molecule has 2 aliphatic heterocycles. The molecule has 10 nitrogen and oxygen atoms in total. The average Bonchev–Trinajstić information content (AvgIpc) is 3.21. The van der Waals surface area contributed by atoms with Gasteiger partial charge in [-0.05, 0) is 33.3 Å². The fourth-order valence-electron chi connectivity index (χ4n) is 3.19. The molecule has 0 radical (unpaired) electrons. The topological polar surface area (TPSA) is 141 Å². The molecule has 2 aliphatic rings. The van der Waals surface area contributed by atoms with Gasteiger partial charge in [0.05, 0.1) is 16.7 Å². The molecule has 1 aromatic heterocycles. The van der Waals surface area contributed by atoms with E-state index in [0.717, 1.165) is 6.42 Å². The minimum atomic E-state index is -0.797. The van der Waals surface area contributed by atoms with Crippen molar-refractivity contribution in [3.63, 3.8) is 0 Å². The number of esters is 2. The maximum absolute atomic E-state index is 13.0. The molecule has 2 amide bonds. The number of ether oxygens (including phenoxy) is 2. The number of thioether (sulfide) groups is 1. The van der Waals surface area contributed by atoms with Gasteiger partial charge in [-0.3, -0.25) is 19.3 Å². The van der Waals surface area contributed by atoms with Gasteiger partial charge in [-0.2, -0.15) is 0 Å². The van der Waals surface area contributed by atoms with E-state index in [1.54, 1.807) is 38.3 Å². The van der Waals surface area contributed by atoms with Gasteiger partial charge in [0.25, 0.3) is 11.8 Å². The Morgan fingerprint density at radius 1 is 1.32 bits per heavy atom. The van der Waals surface area contributed by atoms with Gasteiger partial charge in [-0.25, -0.2) is 9.78 Å². The smallest absolute Gasteiger partial charge is 0.357 e. The molecule has 0 aliphatic carbocycles.